The average molecular weight is 357 g/mol. The molecule has 5 fully saturated rings. The van der Waals surface area contributed by atoms with Gasteiger partial charge in [-0.25, -0.2) is 0 Å². The molecule has 1 aromatic heterocycles. The monoisotopic (exact) mass is 356 g/mol. The molecule has 5 aliphatic rings. The first-order valence-corrected chi connectivity index (χ1v) is 10.8. The zero-order valence-electron chi connectivity index (χ0n) is 15.8. The number of carbonyl (C=O) groups is 1. The normalized spacial score (nSPS) is 30.5. The fourth-order valence-corrected chi connectivity index (χ4v) is 5.54. The molecule has 2 saturated carbocycles. The first-order valence-electron chi connectivity index (χ1n) is 10.8. The van der Waals surface area contributed by atoms with Crippen molar-refractivity contribution in [2.45, 2.75) is 69.7 Å². The van der Waals surface area contributed by atoms with E-state index in [2.05, 4.69) is 20.0 Å². The minimum absolute atomic E-state index is 0.226. The molecule has 1 N–H and O–H groups in total. The summed E-state index contributed by atoms with van der Waals surface area (Å²) < 4.78 is 0. The summed E-state index contributed by atoms with van der Waals surface area (Å²) in [6, 6.07) is 0.573. The van der Waals surface area contributed by atoms with Crippen molar-refractivity contribution in [3.05, 3.63) is 17.5 Å². The molecule has 3 saturated heterocycles. The van der Waals surface area contributed by atoms with Gasteiger partial charge in [0, 0.05) is 38.1 Å². The van der Waals surface area contributed by atoms with Crippen LogP contribution in [0.4, 0.5) is 0 Å². The van der Waals surface area contributed by atoms with Gasteiger partial charge in [-0.3, -0.25) is 14.8 Å². The van der Waals surface area contributed by atoms with Gasteiger partial charge < -0.3 is 4.90 Å². The molecular weight excluding hydrogens is 324 g/mol. The molecule has 1 amide bonds. The highest BCUT2D eigenvalue weighted by Gasteiger charge is 2.39. The van der Waals surface area contributed by atoms with E-state index < -0.39 is 0 Å². The summed E-state index contributed by atoms with van der Waals surface area (Å²) in [5.74, 6) is 2.32. The van der Waals surface area contributed by atoms with E-state index in [0.717, 1.165) is 30.3 Å². The molecule has 5 heteroatoms. The maximum atomic E-state index is 13.4. The Morgan fingerprint density at radius 3 is 2.69 bits per heavy atom. The Bertz CT molecular complexity index is 646. The van der Waals surface area contributed by atoms with Crippen molar-refractivity contribution >= 4 is 5.91 Å². The van der Waals surface area contributed by atoms with Gasteiger partial charge in [0.25, 0.3) is 5.91 Å². The first-order chi connectivity index (χ1) is 12.8. The van der Waals surface area contributed by atoms with Crippen molar-refractivity contribution in [3.63, 3.8) is 0 Å². The maximum absolute atomic E-state index is 13.4. The largest absolute Gasteiger partial charge is 0.337 e. The highest BCUT2D eigenvalue weighted by Crippen LogP contribution is 2.36. The number of nitrogens with zero attached hydrogens (tertiary/aromatic N) is 3. The zero-order chi connectivity index (χ0) is 17.5. The van der Waals surface area contributed by atoms with E-state index in [1.807, 2.05) is 0 Å². The summed E-state index contributed by atoms with van der Waals surface area (Å²) >= 11 is 0. The molecule has 2 aliphatic carbocycles. The Balaban J connectivity index is 1.32. The smallest absolute Gasteiger partial charge is 0.257 e. The molecule has 4 heterocycles. The van der Waals surface area contributed by atoms with Crippen LogP contribution in [0, 0.1) is 11.8 Å². The first kappa shape index (κ1) is 16.8. The second-order valence-electron chi connectivity index (χ2n) is 9.24. The summed E-state index contributed by atoms with van der Waals surface area (Å²) in [6.45, 7) is 4.32. The summed E-state index contributed by atoms with van der Waals surface area (Å²) in [6.07, 6.45) is 13.5. The Morgan fingerprint density at radius 2 is 1.88 bits per heavy atom. The second-order valence-corrected chi connectivity index (χ2v) is 9.24. The lowest BCUT2D eigenvalue weighted by Gasteiger charge is -2.36. The zero-order valence-corrected chi connectivity index (χ0v) is 15.8. The number of aromatic amines is 1. The standard InChI is InChI=1S/C21H32N4O/c26-21(19-10-22-23-20(19)17-4-2-1-3-5-17)25-13-16-8-9-18(14-25)24(12-16)11-15-6-7-15/h10,15-18H,1-9,11-14H2,(H,22,23)/t16-,18-/m0/s1. The fraction of sp³-hybridized carbons (Fsp3) is 0.810. The predicted molar refractivity (Wildman–Crippen MR) is 101 cm³/mol. The summed E-state index contributed by atoms with van der Waals surface area (Å²) in [4.78, 5) is 18.2. The van der Waals surface area contributed by atoms with Crippen LogP contribution < -0.4 is 0 Å². The number of rotatable bonds is 4. The molecule has 2 bridgehead atoms. The van der Waals surface area contributed by atoms with Gasteiger partial charge in [0.05, 0.1) is 17.5 Å². The minimum Gasteiger partial charge on any atom is -0.337 e. The van der Waals surface area contributed by atoms with Crippen molar-refractivity contribution in [3.8, 4) is 0 Å². The van der Waals surface area contributed by atoms with Crippen LogP contribution in [0.15, 0.2) is 6.20 Å². The SMILES string of the molecule is O=C(c1cn[nH]c1C1CCCCC1)N1C[C@H]2CC[C@@H](C1)N(CC1CC1)C2. The number of piperidine rings is 1. The van der Waals surface area contributed by atoms with Crippen molar-refractivity contribution in [1.29, 1.82) is 0 Å². The molecule has 142 valence electrons. The van der Waals surface area contributed by atoms with Gasteiger partial charge in [-0.05, 0) is 50.4 Å². The van der Waals surface area contributed by atoms with E-state index in [9.17, 15) is 4.79 Å². The topological polar surface area (TPSA) is 52.2 Å². The molecule has 5 nitrogen and oxygen atoms in total. The van der Waals surface area contributed by atoms with Crippen LogP contribution in [0.2, 0.25) is 0 Å². The van der Waals surface area contributed by atoms with Crippen LogP contribution in [0.5, 0.6) is 0 Å². The van der Waals surface area contributed by atoms with Crippen LogP contribution in [-0.4, -0.2) is 58.1 Å². The van der Waals surface area contributed by atoms with Crippen molar-refractivity contribution in [2.75, 3.05) is 26.2 Å². The highest BCUT2D eigenvalue weighted by atomic mass is 16.2. The van der Waals surface area contributed by atoms with Crippen molar-refractivity contribution in [2.24, 2.45) is 11.8 Å². The van der Waals surface area contributed by atoms with Gasteiger partial charge >= 0.3 is 0 Å². The Morgan fingerprint density at radius 1 is 1.04 bits per heavy atom. The molecule has 26 heavy (non-hydrogen) atoms. The Kier molecular flexibility index (Phi) is 4.51. The summed E-state index contributed by atoms with van der Waals surface area (Å²) in [5, 5.41) is 7.45. The third kappa shape index (κ3) is 3.30. The quantitative estimate of drug-likeness (QED) is 0.899. The summed E-state index contributed by atoms with van der Waals surface area (Å²) in [7, 11) is 0. The number of nitrogens with one attached hydrogen (secondary N) is 1. The lowest BCUT2D eigenvalue weighted by molar-refractivity contribution is 0.0735. The molecule has 0 radical (unpaired) electrons. The predicted octanol–water partition coefficient (Wildman–Crippen LogP) is 3.40. The lowest BCUT2D eigenvalue weighted by atomic mass is 9.85. The summed E-state index contributed by atoms with van der Waals surface area (Å²) in [5.41, 5.74) is 1.97. The van der Waals surface area contributed by atoms with Crippen LogP contribution in [0.1, 0.15) is 79.8 Å². The van der Waals surface area contributed by atoms with Gasteiger partial charge in [-0.2, -0.15) is 5.10 Å². The molecule has 3 aliphatic heterocycles. The van der Waals surface area contributed by atoms with Crippen LogP contribution >= 0.6 is 0 Å². The number of H-pyrrole nitrogens is 1. The van der Waals surface area contributed by atoms with E-state index in [4.69, 9.17) is 0 Å². The lowest BCUT2D eigenvalue weighted by Crippen LogP contribution is -2.45. The average Bonchev–Trinajstić information content (AvgIpc) is 3.43. The minimum atomic E-state index is 0.226. The molecule has 0 unspecified atom stereocenters. The van der Waals surface area contributed by atoms with E-state index >= 15 is 0 Å². The molecule has 1 aromatic rings. The number of fused-ring (bicyclic) bond motifs is 4. The molecule has 0 spiro atoms. The van der Waals surface area contributed by atoms with Gasteiger partial charge in [0.1, 0.15) is 0 Å². The third-order valence-corrected chi connectivity index (χ3v) is 7.22. The van der Waals surface area contributed by atoms with Crippen LogP contribution in [-0.2, 0) is 0 Å². The van der Waals surface area contributed by atoms with E-state index in [0.29, 0.717) is 17.9 Å². The highest BCUT2D eigenvalue weighted by molar-refractivity contribution is 5.95. The number of hydrogen-bond donors (Lipinski definition) is 1. The van der Waals surface area contributed by atoms with Crippen LogP contribution in [0.3, 0.4) is 0 Å². The van der Waals surface area contributed by atoms with E-state index in [1.54, 1.807) is 6.20 Å². The number of carbonyl (C=O) groups excluding carboxylic acids is 1. The van der Waals surface area contributed by atoms with Crippen LogP contribution in [0.25, 0.3) is 0 Å². The van der Waals surface area contributed by atoms with E-state index in [-0.39, 0.29) is 5.91 Å². The second kappa shape index (κ2) is 6.99. The molecule has 0 aromatic carbocycles. The van der Waals surface area contributed by atoms with Gasteiger partial charge in [-0.15, -0.1) is 0 Å². The fourth-order valence-electron chi connectivity index (χ4n) is 5.54. The third-order valence-electron chi connectivity index (χ3n) is 7.22. The van der Waals surface area contributed by atoms with Gasteiger partial charge in [0.2, 0.25) is 0 Å². The Labute approximate surface area is 156 Å². The number of aromatic nitrogens is 2. The Hall–Kier alpha value is -1.36. The van der Waals surface area contributed by atoms with Crippen molar-refractivity contribution < 1.29 is 4.79 Å². The number of hydrogen-bond acceptors (Lipinski definition) is 3. The molecular formula is C21H32N4O. The van der Waals surface area contributed by atoms with E-state index in [1.165, 1.54) is 70.9 Å². The number of amides is 1. The molecule has 2 atom stereocenters. The van der Waals surface area contributed by atoms with Crippen molar-refractivity contribution in [1.82, 2.24) is 20.0 Å². The van der Waals surface area contributed by atoms with Gasteiger partial charge in [-0.1, -0.05) is 19.3 Å². The van der Waals surface area contributed by atoms with Gasteiger partial charge in [0.15, 0.2) is 0 Å². The molecule has 6 rings (SSSR count). The maximum Gasteiger partial charge on any atom is 0.257 e.